The van der Waals surface area contributed by atoms with E-state index in [0.29, 0.717) is 24.1 Å². The predicted molar refractivity (Wildman–Crippen MR) is 111 cm³/mol. The summed E-state index contributed by atoms with van der Waals surface area (Å²) in [5.74, 6) is 3.37. The third-order valence-corrected chi connectivity index (χ3v) is 6.67. The van der Waals surface area contributed by atoms with Crippen LogP contribution in [0.1, 0.15) is 59.8 Å². The van der Waals surface area contributed by atoms with E-state index in [4.69, 9.17) is 4.74 Å². The molecule has 2 aliphatic carbocycles. The Morgan fingerprint density at radius 3 is 2.33 bits per heavy atom. The van der Waals surface area contributed by atoms with Crippen LogP contribution in [0, 0.1) is 23.2 Å². The number of fused-ring (bicyclic) bond motifs is 1. The van der Waals surface area contributed by atoms with Gasteiger partial charge in [0.1, 0.15) is 0 Å². The standard InChI is InChI=1S/C19H35N3O.HI/c1-12(2)13-6-8-14(9-7-13)21-18(20-5)22-16-15-10-11-23-17(15)19(16,3)4;/h12-17H,6-11H2,1-5H3,(H2,20,21,22);1H. The zero-order chi connectivity index (χ0) is 16.6. The van der Waals surface area contributed by atoms with Crippen LogP contribution in [0.25, 0.3) is 0 Å². The van der Waals surface area contributed by atoms with Gasteiger partial charge in [-0.1, -0.05) is 27.7 Å². The summed E-state index contributed by atoms with van der Waals surface area (Å²) in [6.45, 7) is 10.3. The minimum absolute atomic E-state index is 0. The van der Waals surface area contributed by atoms with E-state index in [9.17, 15) is 0 Å². The van der Waals surface area contributed by atoms with Crippen molar-refractivity contribution in [3.8, 4) is 0 Å². The highest BCUT2D eigenvalue weighted by molar-refractivity contribution is 14.0. The first-order chi connectivity index (χ1) is 10.9. The predicted octanol–water partition coefficient (Wildman–Crippen LogP) is 3.80. The van der Waals surface area contributed by atoms with E-state index in [1.165, 1.54) is 32.1 Å². The maximum atomic E-state index is 5.90. The summed E-state index contributed by atoms with van der Waals surface area (Å²) in [5.41, 5.74) is 0.202. The Hall–Kier alpha value is -0.0400. The molecule has 4 nitrogen and oxygen atoms in total. The minimum Gasteiger partial charge on any atom is -0.377 e. The van der Waals surface area contributed by atoms with Crippen molar-refractivity contribution in [1.29, 1.82) is 0 Å². The molecule has 0 radical (unpaired) electrons. The molecule has 2 N–H and O–H groups in total. The molecule has 1 saturated heterocycles. The first-order valence-electron chi connectivity index (χ1n) is 9.55. The normalized spacial score (nSPS) is 38.1. The van der Waals surface area contributed by atoms with Crippen molar-refractivity contribution in [3.05, 3.63) is 0 Å². The molecule has 0 aromatic rings. The molecule has 1 heterocycles. The van der Waals surface area contributed by atoms with E-state index >= 15 is 0 Å². The quantitative estimate of drug-likeness (QED) is 0.392. The van der Waals surface area contributed by atoms with Gasteiger partial charge in [-0.2, -0.15) is 0 Å². The zero-order valence-corrected chi connectivity index (χ0v) is 18.3. The Kier molecular flexibility index (Phi) is 6.85. The third-order valence-electron chi connectivity index (χ3n) is 6.67. The van der Waals surface area contributed by atoms with E-state index in [1.54, 1.807) is 0 Å². The Labute approximate surface area is 165 Å². The number of guanidine groups is 1. The van der Waals surface area contributed by atoms with E-state index in [0.717, 1.165) is 24.4 Å². The molecular formula is C19H36IN3O. The van der Waals surface area contributed by atoms with E-state index in [2.05, 4.69) is 43.3 Å². The van der Waals surface area contributed by atoms with Gasteiger partial charge in [-0.05, 0) is 43.9 Å². The summed E-state index contributed by atoms with van der Waals surface area (Å²) in [7, 11) is 1.89. The Morgan fingerprint density at radius 1 is 1.08 bits per heavy atom. The first-order valence-corrected chi connectivity index (χ1v) is 9.55. The fraction of sp³-hybridized carbons (Fsp3) is 0.947. The Bertz CT molecular complexity index is 444. The molecule has 0 bridgehead atoms. The second-order valence-corrected chi connectivity index (χ2v) is 8.76. The Morgan fingerprint density at radius 2 is 1.75 bits per heavy atom. The van der Waals surface area contributed by atoms with Crippen molar-refractivity contribution in [2.24, 2.45) is 28.2 Å². The second-order valence-electron chi connectivity index (χ2n) is 8.76. The van der Waals surface area contributed by atoms with Gasteiger partial charge in [-0.15, -0.1) is 24.0 Å². The lowest BCUT2D eigenvalue weighted by molar-refractivity contribution is -0.106. The number of aliphatic imine (C=N–C) groups is 1. The molecule has 3 fully saturated rings. The maximum Gasteiger partial charge on any atom is 0.191 e. The van der Waals surface area contributed by atoms with Crippen LogP contribution in [0.5, 0.6) is 0 Å². The van der Waals surface area contributed by atoms with E-state index in [1.807, 2.05) is 7.05 Å². The van der Waals surface area contributed by atoms with Gasteiger partial charge in [-0.25, -0.2) is 0 Å². The molecule has 0 amide bonds. The first kappa shape index (κ1) is 20.3. The van der Waals surface area contributed by atoms with Crippen molar-refractivity contribution in [1.82, 2.24) is 10.6 Å². The summed E-state index contributed by atoms with van der Waals surface area (Å²) in [5, 5.41) is 7.38. The zero-order valence-electron chi connectivity index (χ0n) is 16.0. The molecule has 3 aliphatic rings. The van der Waals surface area contributed by atoms with Crippen molar-refractivity contribution < 1.29 is 4.74 Å². The molecule has 0 aromatic carbocycles. The van der Waals surface area contributed by atoms with Crippen LogP contribution >= 0.6 is 24.0 Å². The van der Waals surface area contributed by atoms with Crippen LogP contribution in [-0.2, 0) is 4.74 Å². The largest absolute Gasteiger partial charge is 0.377 e. The molecular weight excluding hydrogens is 413 g/mol. The Balaban J connectivity index is 0.00000208. The fourth-order valence-electron chi connectivity index (χ4n) is 5.06. The van der Waals surface area contributed by atoms with Crippen LogP contribution in [0.2, 0.25) is 0 Å². The van der Waals surface area contributed by atoms with Gasteiger partial charge in [0.05, 0.1) is 6.10 Å². The highest BCUT2D eigenvalue weighted by Crippen LogP contribution is 2.52. The lowest BCUT2D eigenvalue weighted by Crippen LogP contribution is -2.68. The molecule has 3 rings (SSSR count). The number of nitrogens with zero attached hydrogens (tertiary/aromatic N) is 1. The van der Waals surface area contributed by atoms with Crippen LogP contribution in [-0.4, -0.2) is 37.8 Å². The highest BCUT2D eigenvalue weighted by atomic mass is 127. The van der Waals surface area contributed by atoms with Gasteiger partial charge >= 0.3 is 0 Å². The molecule has 140 valence electrons. The molecule has 24 heavy (non-hydrogen) atoms. The minimum atomic E-state index is 0. The lowest BCUT2D eigenvalue weighted by atomic mass is 9.57. The third kappa shape index (κ3) is 3.87. The van der Waals surface area contributed by atoms with Crippen LogP contribution in [0.4, 0.5) is 0 Å². The molecule has 3 atom stereocenters. The van der Waals surface area contributed by atoms with Crippen LogP contribution < -0.4 is 10.6 Å². The smallest absolute Gasteiger partial charge is 0.191 e. The summed E-state index contributed by atoms with van der Waals surface area (Å²) in [4.78, 5) is 4.49. The number of rotatable bonds is 3. The SMILES string of the molecule is CN=C(NC1CCC(C(C)C)CC1)NC1C2CCOC2C1(C)C.I. The number of ether oxygens (including phenoxy) is 1. The summed E-state index contributed by atoms with van der Waals surface area (Å²) < 4.78 is 5.90. The number of hydrogen-bond donors (Lipinski definition) is 2. The van der Waals surface area contributed by atoms with Crippen LogP contribution in [0.15, 0.2) is 4.99 Å². The van der Waals surface area contributed by atoms with Gasteiger partial charge in [0.15, 0.2) is 5.96 Å². The van der Waals surface area contributed by atoms with Crippen molar-refractivity contribution >= 4 is 29.9 Å². The van der Waals surface area contributed by atoms with Crippen LogP contribution in [0.3, 0.4) is 0 Å². The van der Waals surface area contributed by atoms with Gasteiger partial charge in [0.2, 0.25) is 0 Å². The number of nitrogens with one attached hydrogen (secondary N) is 2. The molecule has 1 aliphatic heterocycles. The van der Waals surface area contributed by atoms with Crippen molar-refractivity contribution in [2.45, 2.75) is 78.0 Å². The molecule has 0 spiro atoms. The van der Waals surface area contributed by atoms with E-state index < -0.39 is 0 Å². The molecule has 3 unspecified atom stereocenters. The van der Waals surface area contributed by atoms with Crippen molar-refractivity contribution in [3.63, 3.8) is 0 Å². The van der Waals surface area contributed by atoms with Crippen molar-refractivity contribution in [2.75, 3.05) is 13.7 Å². The summed E-state index contributed by atoms with van der Waals surface area (Å²) in [6, 6.07) is 1.06. The maximum absolute atomic E-state index is 5.90. The average Bonchev–Trinajstić information content (AvgIpc) is 2.98. The molecule has 2 saturated carbocycles. The lowest BCUT2D eigenvalue weighted by Gasteiger charge is -2.55. The van der Waals surface area contributed by atoms with Gasteiger partial charge in [-0.3, -0.25) is 4.99 Å². The average molecular weight is 449 g/mol. The van der Waals surface area contributed by atoms with E-state index in [-0.39, 0.29) is 29.4 Å². The molecule has 5 heteroatoms. The summed E-state index contributed by atoms with van der Waals surface area (Å²) in [6.07, 6.45) is 6.85. The summed E-state index contributed by atoms with van der Waals surface area (Å²) >= 11 is 0. The fourth-order valence-corrected chi connectivity index (χ4v) is 5.06. The molecule has 0 aromatic heterocycles. The number of hydrogen-bond acceptors (Lipinski definition) is 2. The number of halogens is 1. The monoisotopic (exact) mass is 449 g/mol. The van der Waals surface area contributed by atoms with Gasteiger partial charge in [0.25, 0.3) is 0 Å². The van der Waals surface area contributed by atoms with Gasteiger partial charge < -0.3 is 15.4 Å². The highest BCUT2D eigenvalue weighted by Gasteiger charge is 2.59. The second kappa shape index (κ2) is 8.11. The topological polar surface area (TPSA) is 45.7 Å². The van der Waals surface area contributed by atoms with Gasteiger partial charge in [0, 0.05) is 37.1 Å².